The maximum absolute atomic E-state index is 10.7. The topological polar surface area (TPSA) is 64.7 Å². The van der Waals surface area contributed by atoms with Crippen LogP contribution in [0.4, 0.5) is 0 Å². The van der Waals surface area contributed by atoms with Gasteiger partial charge in [-0.15, -0.1) is 0 Å². The normalized spacial score (nSPS) is 14.4. The van der Waals surface area contributed by atoms with Crippen molar-refractivity contribution in [2.24, 2.45) is 0 Å². The molecule has 24 heavy (non-hydrogen) atoms. The fourth-order valence-electron chi connectivity index (χ4n) is 2.51. The van der Waals surface area contributed by atoms with Crippen LogP contribution in [-0.2, 0) is 10.3 Å². The summed E-state index contributed by atoms with van der Waals surface area (Å²) in [6.07, 6.45) is 2.27. The highest BCUT2D eigenvalue weighted by Gasteiger charge is 2.29. The van der Waals surface area contributed by atoms with Gasteiger partial charge in [0.2, 0.25) is 0 Å². The number of aromatic nitrogens is 1. The Morgan fingerprint density at radius 1 is 1.08 bits per heavy atom. The summed E-state index contributed by atoms with van der Waals surface area (Å²) in [5.74, 6) is 1.26. The summed E-state index contributed by atoms with van der Waals surface area (Å²) in [5, 5.41) is 14.8. The van der Waals surface area contributed by atoms with Crippen LogP contribution < -0.4 is 4.74 Å². The fourth-order valence-corrected chi connectivity index (χ4v) is 2.51. The molecule has 5 nitrogen and oxygen atoms in total. The molecule has 0 unspecified atom stereocenters. The average molecular weight is 333 g/mol. The molecule has 1 heterocycles. The standard InChI is InChI=1S/C19H27NO4/c1-18(2,23-5)11-6-12-19(3,21)17-13-16(20-24-17)14-7-9-15(22-4)10-8-14/h7-10,13,21H,6,11-12H2,1-5H3/t19-/m0/s1. The third-order valence-electron chi connectivity index (χ3n) is 4.42. The van der Waals surface area contributed by atoms with Gasteiger partial charge in [-0.05, 0) is 64.3 Å². The van der Waals surface area contributed by atoms with Gasteiger partial charge in [0.15, 0.2) is 5.76 Å². The number of nitrogens with zero attached hydrogens (tertiary/aromatic N) is 1. The molecule has 0 aliphatic carbocycles. The largest absolute Gasteiger partial charge is 0.497 e. The predicted molar refractivity (Wildman–Crippen MR) is 93.0 cm³/mol. The minimum atomic E-state index is -1.05. The van der Waals surface area contributed by atoms with Crippen LogP contribution in [0.25, 0.3) is 11.3 Å². The van der Waals surface area contributed by atoms with E-state index in [-0.39, 0.29) is 5.60 Å². The predicted octanol–water partition coefficient (Wildman–Crippen LogP) is 4.15. The molecule has 1 atom stereocenters. The van der Waals surface area contributed by atoms with Crippen LogP contribution in [0, 0.1) is 0 Å². The van der Waals surface area contributed by atoms with Crippen LogP contribution in [0.2, 0.25) is 0 Å². The Labute approximate surface area is 143 Å². The van der Waals surface area contributed by atoms with Gasteiger partial charge in [0, 0.05) is 18.7 Å². The molecule has 2 rings (SSSR count). The van der Waals surface area contributed by atoms with Crippen molar-refractivity contribution in [1.82, 2.24) is 5.16 Å². The highest BCUT2D eigenvalue weighted by molar-refractivity contribution is 5.60. The van der Waals surface area contributed by atoms with Gasteiger partial charge in [0.05, 0.1) is 12.7 Å². The second-order valence-corrected chi connectivity index (χ2v) is 6.90. The van der Waals surface area contributed by atoms with E-state index in [2.05, 4.69) is 5.16 Å². The van der Waals surface area contributed by atoms with Crippen molar-refractivity contribution in [2.75, 3.05) is 14.2 Å². The summed E-state index contributed by atoms with van der Waals surface area (Å²) in [4.78, 5) is 0. The van der Waals surface area contributed by atoms with Crippen molar-refractivity contribution in [3.8, 4) is 17.0 Å². The molecule has 1 aromatic carbocycles. The Morgan fingerprint density at radius 2 is 1.75 bits per heavy atom. The van der Waals surface area contributed by atoms with Gasteiger partial charge in [-0.3, -0.25) is 0 Å². The van der Waals surface area contributed by atoms with Crippen molar-refractivity contribution in [3.63, 3.8) is 0 Å². The molecule has 1 aromatic heterocycles. The second kappa shape index (κ2) is 7.36. The van der Waals surface area contributed by atoms with E-state index in [1.54, 1.807) is 27.2 Å². The Morgan fingerprint density at radius 3 is 2.33 bits per heavy atom. The van der Waals surface area contributed by atoms with Gasteiger partial charge >= 0.3 is 0 Å². The van der Waals surface area contributed by atoms with Crippen molar-refractivity contribution in [1.29, 1.82) is 0 Å². The third-order valence-corrected chi connectivity index (χ3v) is 4.42. The molecule has 2 aromatic rings. The van der Waals surface area contributed by atoms with Crippen LogP contribution >= 0.6 is 0 Å². The summed E-state index contributed by atoms with van der Waals surface area (Å²) in [7, 11) is 3.33. The smallest absolute Gasteiger partial charge is 0.168 e. The van der Waals surface area contributed by atoms with Crippen LogP contribution in [0.1, 0.15) is 45.8 Å². The Bertz CT molecular complexity index is 644. The van der Waals surface area contributed by atoms with Crippen LogP contribution in [0.5, 0.6) is 5.75 Å². The molecule has 0 fully saturated rings. The number of ether oxygens (including phenoxy) is 2. The van der Waals surface area contributed by atoms with Crippen LogP contribution in [-0.4, -0.2) is 30.1 Å². The van der Waals surface area contributed by atoms with E-state index in [1.165, 1.54) is 0 Å². The first kappa shape index (κ1) is 18.5. The summed E-state index contributed by atoms with van der Waals surface area (Å²) in [6, 6.07) is 9.36. The Hall–Kier alpha value is -1.85. The second-order valence-electron chi connectivity index (χ2n) is 6.90. The van der Waals surface area contributed by atoms with Crippen LogP contribution in [0.15, 0.2) is 34.9 Å². The summed E-state index contributed by atoms with van der Waals surface area (Å²) in [6.45, 7) is 5.83. The highest BCUT2D eigenvalue weighted by Crippen LogP contribution is 2.31. The minimum absolute atomic E-state index is 0.189. The number of methoxy groups -OCH3 is 2. The molecule has 0 radical (unpaired) electrons. The van der Waals surface area contributed by atoms with Gasteiger partial charge in [-0.1, -0.05) is 5.16 Å². The minimum Gasteiger partial charge on any atom is -0.497 e. The van der Waals surface area contributed by atoms with Crippen molar-refractivity contribution in [3.05, 3.63) is 36.1 Å². The maximum atomic E-state index is 10.7. The lowest BCUT2D eigenvalue weighted by Gasteiger charge is -2.25. The molecule has 0 aliphatic heterocycles. The Balaban J connectivity index is 2.04. The van der Waals surface area contributed by atoms with E-state index in [1.807, 2.05) is 38.1 Å². The molecule has 5 heteroatoms. The molecular weight excluding hydrogens is 306 g/mol. The van der Waals surface area contributed by atoms with Crippen molar-refractivity contribution in [2.45, 2.75) is 51.2 Å². The molecule has 0 saturated carbocycles. The zero-order chi connectivity index (χ0) is 17.8. The zero-order valence-electron chi connectivity index (χ0n) is 15.1. The molecule has 0 bridgehead atoms. The lowest BCUT2D eigenvalue weighted by atomic mass is 9.92. The number of aliphatic hydroxyl groups is 1. The number of hydrogen-bond acceptors (Lipinski definition) is 5. The van der Waals surface area contributed by atoms with Crippen molar-refractivity contribution >= 4 is 0 Å². The number of benzene rings is 1. The van der Waals surface area contributed by atoms with Gasteiger partial charge in [0.1, 0.15) is 17.0 Å². The van der Waals surface area contributed by atoms with Gasteiger partial charge in [-0.25, -0.2) is 0 Å². The van der Waals surface area contributed by atoms with Gasteiger partial charge in [-0.2, -0.15) is 0 Å². The molecule has 0 aliphatic rings. The van der Waals surface area contributed by atoms with Gasteiger partial charge < -0.3 is 19.1 Å². The fraction of sp³-hybridized carbons (Fsp3) is 0.526. The third kappa shape index (κ3) is 4.58. The average Bonchev–Trinajstić information content (AvgIpc) is 3.05. The molecule has 0 amide bonds. The highest BCUT2D eigenvalue weighted by atomic mass is 16.5. The van der Waals surface area contributed by atoms with E-state index in [0.717, 1.165) is 24.2 Å². The van der Waals surface area contributed by atoms with E-state index in [9.17, 15) is 5.11 Å². The zero-order valence-corrected chi connectivity index (χ0v) is 15.1. The molecule has 1 N–H and O–H groups in total. The van der Waals surface area contributed by atoms with E-state index in [0.29, 0.717) is 17.9 Å². The van der Waals surface area contributed by atoms with Gasteiger partial charge in [0.25, 0.3) is 0 Å². The first-order chi connectivity index (χ1) is 11.3. The number of rotatable bonds is 8. The van der Waals surface area contributed by atoms with Crippen molar-refractivity contribution < 1.29 is 19.1 Å². The molecule has 0 spiro atoms. The first-order valence-corrected chi connectivity index (χ1v) is 8.16. The van der Waals surface area contributed by atoms with E-state index < -0.39 is 5.60 Å². The van der Waals surface area contributed by atoms with E-state index >= 15 is 0 Å². The lowest BCUT2D eigenvalue weighted by molar-refractivity contribution is -0.00854. The molecule has 132 valence electrons. The summed E-state index contributed by atoms with van der Waals surface area (Å²) in [5.41, 5.74) is 0.375. The quantitative estimate of drug-likeness (QED) is 0.786. The summed E-state index contributed by atoms with van der Waals surface area (Å²) < 4.78 is 15.9. The molecular formula is C19H27NO4. The first-order valence-electron chi connectivity index (χ1n) is 8.16. The molecule has 0 saturated heterocycles. The summed E-state index contributed by atoms with van der Waals surface area (Å²) >= 11 is 0. The lowest BCUT2D eigenvalue weighted by Crippen LogP contribution is -2.25. The maximum Gasteiger partial charge on any atom is 0.168 e. The SMILES string of the molecule is COc1ccc(-c2cc([C@@](C)(O)CCCC(C)(C)OC)on2)cc1. The number of hydrogen-bond donors (Lipinski definition) is 1. The van der Waals surface area contributed by atoms with Crippen LogP contribution in [0.3, 0.4) is 0 Å². The Kier molecular flexibility index (Phi) is 5.67. The van der Waals surface area contributed by atoms with E-state index in [4.69, 9.17) is 14.0 Å². The monoisotopic (exact) mass is 333 g/mol.